The number of rotatable bonds is 3. The maximum atomic E-state index is 13.0. The highest BCUT2D eigenvalue weighted by atomic mass is 19.4. The Morgan fingerprint density at radius 1 is 1.08 bits per heavy atom. The Kier molecular flexibility index (Phi) is 4.77. The van der Waals surface area contributed by atoms with E-state index in [1.165, 1.54) is 13.0 Å². The maximum Gasteiger partial charge on any atom is 0.416 e. The predicted molar refractivity (Wildman–Crippen MR) is 76.5 cm³/mol. The summed E-state index contributed by atoms with van der Waals surface area (Å²) in [5.41, 5.74) is -1.46. The summed E-state index contributed by atoms with van der Waals surface area (Å²) in [4.78, 5) is 15.5. The van der Waals surface area contributed by atoms with Crippen molar-refractivity contribution < 1.29 is 31.8 Å². The van der Waals surface area contributed by atoms with Crippen molar-refractivity contribution in [3.05, 3.63) is 52.6 Å². The molecule has 0 unspecified atom stereocenters. The molecule has 4 nitrogen and oxygen atoms in total. The molecule has 0 aliphatic heterocycles. The first kappa shape index (κ1) is 17.7. The molecule has 0 atom stereocenters. The van der Waals surface area contributed by atoms with Gasteiger partial charge in [0.1, 0.15) is 17.1 Å². The normalized spacial score (nSPS) is 11.3. The molecule has 1 heterocycles. The number of aryl methyl sites for hydroxylation is 1. The predicted octanol–water partition coefficient (Wildman–Crippen LogP) is 4.44. The van der Waals surface area contributed by atoms with Gasteiger partial charge in [0, 0.05) is 0 Å². The number of hydrogen-bond donors (Lipinski definition) is 0. The number of nitrogens with zero attached hydrogens (tertiary/aromatic N) is 1. The number of carbonyl (C=O) groups excluding carboxylic acids is 1. The summed E-state index contributed by atoms with van der Waals surface area (Å²) in [6.07, 6.45) is -4.63. The van der Waals surface area contributed by atoms with E-state index >= 15 is 0 Å². The van der Waals surface area contributed by atoms with Crippen molar-refractivity contribution >= 4 is 5.97 Å². The van der Waals surface area contributed by atoms with Crippen molar-refractivity contribution in [2.24, 2.45) is 0 Å². The SMILES string of the molecule is COC(=O)c1c(Oc2ccc(F)nc2C)ccc(C(F)(F)F)c1C. The van der Waals surface area contributed by atoms with Crippen LogP contribution in [0.3, 0.4) is 0 Å². The molecule has 128 valence electrons. The molecule has 2 rings (SSSR count). The van der Waals surface area contributed by atoms with Crippen LogP contribution in [0.2, 0.25) is 0 Å². The Morgan fingerprint density at radius 3 is 2.25 bits per heavy atom. The van der Waals surface area contributed by atoms with Gasteiger partial charge in [-0.3, -0.25) is 0 Å². The van der Waals surface area contributed by atoms with E-state index in [2.05, 4.69) is 9.72 Å². The number of benzene rings is 1. The molecule has 2 aromatic rings. The Balaban J connectivity index is 2.57. The van der Waals surface area contributed by atoms with Crippen LogP contribution in [0.4, 0.5) is 17.6 Å². The summed E-state index contributed by atoms with van der Waals surface area (Å²) in [5.74, 6) is -1.72. The second-order valence-corrected chi connectivity index (χ2v) is 4.92. The first-order chi connectivity index (χ1) is 11.1. The highest BCUT2D eigenvalue weighted by Crippen LogP contribution is 2.38. The van der Waals surface area contributed by atoms with Gasteiger partial charge in [-0.05, 0) is 43.7 Å². The third-order valence-corrected chi connectivity index (χ3v) is 3.34. The second kappa shape index (κ2) is 6.46. The smallest absolute Gasteiger partial charge is 0.416 e. The van der Waals surface area contributed by atoms with Crippen molar-refractivity contribution in [1.82, 2.24) is 4.98 Å². The van der Waals surface area contributed by atoms with Gasteiger partial charge < -0.3 is 9.47 Å². The van der Waals surface area contributed by atoms with Crippen LogP contribution in [0.25, 0.3) is 0 Å². The number of alkyl halides is 3. The van der Waals surface area contributed by atoms with E-state index in [0.717, 1.165) is 32.2 Å². The van der Waals surface area contributed by atoms with Crippen LogP contribution in [0.15, 0.2) is 24.3 Å². The first-order valence-corrected chi connectivity index (χ1v) is 6.75. The van der Waals surface area contributed by atoms with E-state index in [0.29, 0.717) is 0 Å². The van der Waals surface area contributed by atoms with E-state index in [1.807, 2.05) is 0 Å². The highest BCUT2D eigenvalue weighted by Gasteiger charge is 2.35. The third kappa shape index (κ3) is 3.47. The summed E-state index contributed by atoms with van der Waals surface area (Å²) in [6, 6.07) is 4.14. The zero-order chi connectivity index (χ0) is 18.1. The summed E-state index contributed by atoms with van der Waals surface area (Å²) in [6.45, 7) is 2.62. The molecule has 0 amide bonds. The average Bonchev–Trinajstić information content (AvgIpc) is 2.48. The lowest BCUT2D eigenvalue weighted by atomic mass is 10.0. The molecule has 0 N–H and O–H groups in total. The van der Waals surface area contributed by atoms with E-state index in [-0.39, 0.29) is 28.3 Å². The summed E-state index contributed by atoms with van der Waals surface area (Å²) < 4.78 is 62.1. The molecule has 0 radical (unpaired) electrons. The van der Waals surface area contributed by atoms with Gasteiger partial charge in [0.15, 0.2) is 0 Å². The fourth-order valence-corrected chi connectivity index (χ4v) is 2.18. The van der Waals surface area contributed by atoms with Gasteiger partial charge >= 0.3 is 12.1 Å². The summed E-state index contributed by atoms with van der Waals surface area (Å²) in [5, 5.41) is 0. The molecule has 0 saturated heterocycles. The Labute approximate surface area is 135 Å². The van der Waals surface area contributed by atoms with Gasteiger partial charge in [0.05, 0.1) is 18.4 Å². The van der Waals surface area contributed by atoms with Crippen LogP contribution < -0.4 is 4.74 Å². The first-order valence-electron chi connectivity index (χ1n) is 6.75. The largest absolute Gasteiger partial charge is 0.465 e. The molecule has 0 aliphatic carbocycles. The van der Waals surface area contributed by atoms with Crippen molar-refractivity contribution in [3.8, 4) is 11.5 Å². The van der Waals surface area contributed by atoms with E-state index in [4.69, 9.17) is 4.74 Å². The molecular weight excluding hydrogens is 330 g/mol. The minimum Gasteiger partial charge on any atom is -0.465 e. The summed E-state index contributed by atoms with van der Waals surface area (Å²) >= 11 is 0. The van der Waals surface area contributed by atoms with Crippen molar-refractivity contribution in [3.63, 3.8) is 0 Å². The van der Waals surface area contributed by atoms with Crippen LogP contribution in [0.5, 0.6) is 11.5 Å². The Bertz CT molecular complexity index is 788. The zero-order valence-corrected chi connectivity index (χ0v) is 13.0. The molecule has 0 saturated carbocycles. The van der Waals surface area contributed by atoms with Gasteiger partial charge in [0.25, 0.3) is 0 Å². The average molecular weight is 343 g/mol. The quantitative estimate of drug-likeness (QED) is 0.470. The molecule has 1 aromatic heterocycles. The van der Waals surface area contributed by atoms with Gasteiger partial charge in [-0.25, -0.2) is 9.78 Å². The van der Waals surface area contributed by atoms with Crippen LogP contribution in [0, 0.1) is 19.8 Å². The van der Waals surface area contributed by atoms with Gasteiger partial charge in [-0.1, -0.05) is 0 Å². The highest BCUT2D eigenvalue weighted by molar-refractivity contribution is 5.94. The van der Waals surface area contributed by atoms with Crippen molar-refractivity contribution in [1.29, 1.82) is 0 Å². The number of hydrogen-bond acceptors (Lipinski definition) is 4. The number of carbonyl (C=O) groups is 1. The topological polar surface area (TPSA) is 48.4 Å². The number of esters is 1. The van der Waals surface area contributed by atoms with Crippen LogP contribution in [0.1, 0.15) is 27.2 Å². The van der Waals surface area contributed by atoms with Crippen LogP contribution in [-0.2, 0) is 10.9 Å². The lowest BCUT2D eigenvalue weighted by Crippen LogP contribution is -2.14. The minimum absolute atomic E-state index is 0.112. The molecular formula is C16H13F4NO3. The molecule has 0 fully saturated rings. The molecule has 24 heavy (non-hydrogen) atoms. The second-order valence-electron chi connectivity index (χ2n) is 4.92. The minimum atomic E-state index is -4.63. The van der Waals surface area contributed by atoms with E-state index in [9.17, 15) is 22.4 Å². The fraction of sp³-hybridized carbons (Fsp3) is 0.250. The molecule has 1 aromatic carbocycles. The number of ether oxygens (including phenoxy) is 2. The van der Waals surface area contributed by atoms with Gasteiger partial charge in [0.2, 0.25) is 5.95 Å². The Morgan fingerprint density at radius 2 is 1.71 bits per heavy atom. The number of pyridine rings is 1. The molecule has 8 heteroatoms. The van der Waals surface area contributed by atoms with Crippen LogP contribution in [-0.4, -0.2) is 18.1 Å². The monoisotopic (exact) mass is 343 g/mol. The van der Waals surface area contributed by atoms with Crippen molar-refractivity contribution in [2.45, 2.75) is 20.0 Å². The van der Waals surface area contributed by atoms with Crippen molar-refractivity contribution in [2.75, 3.05) is 7.11 Å². The van der Waals surface area contributed by atoms with E-state index in [1.54, 1.807) is 0 Å². The number of halogens is 4. The van der Waals surface area contributed by atoms with E-state index < -0.39 is 23.7 Å². The maximum absolute atomic E-state index is 13.0. The van der Waals surface area contributed by atoms with Gasteiger partial charge in [-0.15, -0.1) is 0 Å². The molecule has 0 aliphatic rings. The van der Waals surface area contributed by atoms with Crippen LogP contribution >= 0.6 is 0 Å². The third-order valence-electron chi connectivity index (χ3n) is 3.34. The zero-order valence-electron chi connectivity index (χ0n) is 13.0. The lowest BCUT2D eigenvalue weighted by molar-refractivity contribution is -0.138. The number of aromatic nitrogens is 1. The summed E-state index contributed by atoms with van der Waals surface area (Å²) in [7, 11) is 1.05. The Hall–Kier alpha value is -2.64. The number of methoxy groups -OCH3 is 1. The van der Waals surface area contributed by atoms with Gasteiger partial charge in [-0.2, -0.15) is 17.6 Å². The molecule has 0 spiro atoms. The fourth-order valence-electron chi connectivity index (χ4n) is 2.18. The standard InChI is InChI=1S/C16H13F4NO3/c1-8-10(16(18,19)20)4-5-12(14(8)15(22)23-3)24-11-6-7-13(17)21-9(11)2/h4-7H,1-3H3. The lowest BCUT2D eigenvalue weighted by Gasteiger charge is -2.17. The molecule has 0 bridgehead atoms.